The fourth-order valence-corrected chi connectivity index (χ4v) is 3.15. The number of likely N-dealkylation sites (tertiary alicyclic amines) is 1. The van der Waals surface area contributed by atoms with Crippen LogP contribution in [-0.2, 0) is 11.3 Å². The molecule has 1 N–H and O–H groups in total. The Kier molecular flexibility index (Phi) is 4.56. The Labute approximate surface area is 131 Å². The number of aromatic nitrogens is 1. The van der Waals surface area contributed by atoms with Crippen LogP contribution in [0.15, 0.2) is 18.7 Å². The van der Waals surface area contributed by atoms with Crippen LogP contribution in [0, 0.1) is 19.3 Å². The number of carbonyl (C=O) groups excluding carboxylic acids is 1. The molecule has 0 aromatic carbocycles. The van der Waals surface area contributed by atoms with Gasteiger partial charge in [0, 0.05) is 30.0 Å². The minimum atomic E-state index is -0.786. The van der Waals surface area contributed by atoms with E-state index in [1.54, 1.807) is 6.92 Å². The molecule has 0 spiro atoms. The van der Waals surface area contributed by atoms with Gasteiger partial charge < -0.3 is 9.67 Å². The van der Waals surface area contributed by atoms with Crippen molar-refractivity contribution in [2.24, 2.45) is 5.41 Å². The van der Waals surface area contributed by atoms with Crippen molar-refractivity contribution in [2.75, 3.05) is 19.6 Å². The summed E-state index contributed by atoms with van der Waals surface area (Å²) in [5.74, 6) is -0.732. The van der Waals surface area contributed by atoms with Crippen LogP contribution in [-0.4, -0.2) is 46.0 Å². The second-order valence-corrected chi connectivity index (χ2v) is 6.43. The quantitative estimate of drug-likeness (QED) is 0.647. The maximum Gasteiger partial charge on any atom is 0.310 e. The number of aryl methyl sites for hydroxylation is 1. The molecule has 0 amide bonds. The molecule has 2 heterocycles. The summed E-state index contributed by atoms with van der Waals surface area (Å²) >= 11 is 0. The molecular formula is C17H24N2O3. The Balaban J connectivity index is 2.09. The average Bonchev–Trinajstić information content (AvgIpc) is 2.95. The molecule has 0 bridgehead atoms. The van der Waals surface area contributed by atoms with E-state index in [1.807, 2.05) is 30.9 Å². The molecule has 1 atom stereocenters. The molecule has 1 aliphatic heterocycles. The van der Waals surface area contributed by atoms with Crippen molar-refractivity contribution in [1.29, 1.82) is 0 Å². The van der Waals surface area contributed by atoms with Gasteiger partial charge in [-0.2, -0.15) is 0 Å². The zero-order valence-corrected chi connectivity index (χ0v) is 13.6. The van der Waals surface area contributed by atoms with Crippen LogP contribution < -0.4 is 0 Å². The summed E-state index contributed by atoms with van der Waals surface area (Å²) in [6, 6.07) is 1.91. The zero-order chi connectivity index (χ0) is 16.5. The van der Waals surface area contributed by atoms with Crippen molar-refractivity contribution in [3.63, 3.8) is 0 Å². The number of carbonyl (C=O) groups is 2. The maximum atomic E-state index is 12.5. The molecule has 1 aliphatic rings. The van der Waals surface area contributed by atoms with Crippen LogP contribution in [0.3, 0.4) is 0 Å². The lowest BCUT2D eigenvalue weighted by molar-refractivity contribution is -0.147. The first-order valence-electron chi connectivity index (χ1n) is 7.55. The topological polar surface area (TPSA) is 62.5 Å². The molecule has 5 nitrogen and oxygen atoms in total. The predicted octanol–water partition coefficient (Wildman–Crippen LogP) is 2.27. The molecular weight excluding hydrogens is 280 g/mol. The van der Waals surface area contributed by atoms with E-state index in [-0.39, 0.29) is 12.3 Å². The molecule has 5 heteroatoms. The van der Waals surface area contributed by atoms with E-state index in [1.165, 1.54) is 0 Å². The number of rotatable bonds is 6. The second-order valence-electron chi connectivity index (χ2n) is 6.43. The number of Topliss-reactive ketones (excluding diaryl/α,β-unsaturated/α-hetero) is 1. The normalized spacial score (nSPS) is 22.0. The highest BCUT2D eigenvalue weighted by Gasteiger charge is 2.40. The van der Waals surface area contributed by atoms with Crippen LogP contribution in [0.2, 0.25) is 0 Å². The summed E-state index contributed by atoms with van der Waals surface area (Å²) in [4.78, 5) is 25.8. The smallest absolute Gasteiger partial charge is 0.310 e. The molecule has 1 fully saturated rings. The third-order valence-corrected chi connectivity index (χ3v) is 4.62. The van der Waals surface area contributed by atoms with E-state index in [4.69, 9.17) is 0 Å². The van der Waals surface area contributed by atoms with Crippen molar-refractivity contribution < 1.29 is 14.7 Å². The van der Waals surface area contributed by atoms with Gasteiger partial charge in [-0.25, -0.2) is 0 Å². The Morgan fingerprint density at radius 1 is 1.45 bits per heavy atom. The van der Waals surface area contributed by atoms with Gasteiger partial charge in [0.25, 0.3) is 0 Å². The average molecular weight is 304 g/mol. The van der Waals surface area contributed by atoms with Crippen LogP contribution in [0.25, 0.3) is 0 Å². The van der Waals surface area contributed by atoms with Crippen molar-refractivity contribution >= 4 is 11.8 Å². The second kappa shape index (κ2) is 6.08. The Morgan fingerprint density at radius 3 is 2.68 bits per heavy atom. The highest BCUT2D eigenvalue weighted by molar-refractivity contribution is 5.99. The zero-order valence-electron chi connectivity index (χ0n) is 13.6. The van der Waals surface area contributed by atoms with Crippen molar-refractivity contribution in [2.45, 2.75) is 33.7 Å². The number of aliphatic carboxylic acids is 1. The SMILES string of the molecule is C=CCn1c(C)cc(C(=O)CN2CCC(C)(C(=O)O)C2)c1C. The lowest BCUT2D eigenvalue weighted by Gasteiger charge is -2.19. The minimum Gasteiger partial charge on any atom is -0.481 e. The van der Waals surface area contributed by atoms with Gasteiger partial charge in [0.05, 0.1) is 12.0 Å². The van der Waals surface area contributed by atoms with Crippen molar-refractivity contribution in [3.05, 3.63) is 35.7 Å². The van der Waals surface area contributed by atoms with Crippen LogP contribution in [0.5, 0.6) is 0 Å². The lowest BCUT2D eigenvalue weighted by Crippen LogP contribution is -2.34. The Hall–Kier alpha value is -1.88. The summed E-state index contributed by atoms with van der Waals surface area (Å²) < 4.78 is 2.06. The number of carboxylic acid groups (broad SMARTS) is 1. The van der Waals surface area contributed by atoms with E-state index < -0.39 is 11.4 Å². The van der Waals surface area contributed by atoms with Crippen molar-refractivity contribution in [3.8, 4) is 0 Å². The van der Waals surface area contributed by atoms with Gasteiger partial charge in [0.15, 0.2) is 5.78 Å². The first kappa shape index (κ1) is 16.5. The summed E-state index contributed by atoms with van der Waals surface area (Å²) in [7, 11) is 0. The van der Waals surface area contributed by atoms with E-state index in [2.05, 4.69) is 11.1 Å². The number of nitrogens with zero attached hydrogens (tertiary/aromatic N) is 2. The van der Waals surface area contributed by atoms with Crippen molar-refractivity contribution in [1.82, 2.24) is 9.47 Å². The molecule has 120 valence electrons. The number of hydrogen-bond acceptors (Lipinski definition) is 3. The first-order chi connectivity index (χ1) is 10.3. The minimum absolute atomic E-state index is 0.0538. The maximum absolute atomic E-state index is 12.5. The Morgan fingerprint density at radius 2 is 2.14 bits per heavy atom. The number of ketones is 1. The molecule has 2 rings (SSSR count). The Bertz CT molecular complexity index is 618. The molecule has 22 heavy (non-hydrogen) atoms. The van der Waals surface area contributed by atoms with Crippen LogP contribution in [0.1, 0.15) is 35.1 Å². The first-order valence-corrected chi connectivity index (χ1v) is 7.55. The molecule has 1 aromatic rings. The summed E-state index contributed by atoms with van der Waals surface area (Å²) in [5, 5.41) is 9.26. The highest BCUT2D eigenvalue weighted by atomic mass is 16.4. The number of hydrogen-bond donors (Lipinski definition) is 1. The van der Waals surface area contributed by atoms with Gasteiger partial charge in [0.1, 0.15) is 0 Å². The standard InChI is InChI=1S/C17H24N2O3/c1-5-7-19-12(2)9-14(13(19)3)15(20)10-18-8-6-17(4,11-18)16(21)22/h5,9H,1,6-8,10-11H2,2-4H3,(H,21,22). The molecule has 1 unspecified atom stereocenters. The largest absolute Gasteiger partial charge is 0.481 e. The van der Waals surface area contributed by atoms with Gasteiger partial charge in [0.2, 0.25) is 0 Å². The molecule has 1 aromatic heterocycles. The monoisotopic (exact) mass is 304 g/mol. The summed E-state index contributed by atoms with van der Waals surface area (Å²) in [5.41, 5.74) is 1.98. The van der Waals surface area contributed by atoms with E-state index in [0.717, 1.165) is 17.0 Å². The third kappa shape index (κ3) is 2.99. The van der Waals surface area contributed by atoms with Gasteiger partial charge in [-0.05, 0) is 39.8 Å². The fraction of sp³-hybridized carbons (Fsp3) is 0.529. The summed E-state index contributed by atoms with van der Waals surface area (Å²) in [6.45, 7) is 11.4. The molecule has 0 radical (unpaired) electrons. The fourth-order valence-electron chi connectivity index (χ4n) is 3.15. The van der Waals surface area contributed by atoms with Gasteiger partial charge >= 0.3 is 5.97 Å². The van der Waals surface area contributed by atoms with Gasteiger partial charge in [-0.1, -0.05) is 6.08 Å². The molecule has 1 saturated heterocycles. The van der Waals surface area contributed by atoms with E-state index >= 15 is 0 Å². The summed E-state index contributed by atoms with van der Waals surface area (Å²) in [6.07, 6.45) is 2.40. The lowest BCUT2D eigenvalue weighted by atomic mass is 9.90. The van der Waals surface area contributed by atoms with Crippen LogP contribution in [0.4, 0.5) is 0 Å². The number of allylic oxidation sites excluding steroid dienone is 1. The predicted molar refractivity (Wildman–Crippen MR) is 85.2 cm³/mol. The van der Waals surface area contributed by atoms with E-state index in [0.29, 0.717) is 26.1 Å². The molecule has 0 saturated carbocycles. The van der Waals surface area contributed by atoms with E-state index in [9.17, 15) is 14.7 Å². The van der Waals surface area contributed by atoms with Gasteiger partial charge in [-0.15, -0.1) is 6.58 Å². The van der Waals surface area contributed by atoms with Gasteiger partial charge in [-0.3, -0.25) is 14.5 Å². The number of carboxylic acids is 1. The molecule has 0 aliphatic carbocycles. The van der Waals surface area contributed by atoms with Crippen LogP contribution >= 0.6 is 0 Å². The highest BCUT2D eigenvalue weighted by Crippen LogP contribution is 2.30. The third-order valence-electron chi connectivity index (χ3n) is 4.62.